The molecule has 0 radical (unpaired) electrons. The topological polar surface area (TPSA) is 51.0 Å². The van der Waals surface area contributed by atoms with Crippen LogP contribution in [0.2, 0.25) is 0 Å². The molecule has 1 N–H and O–H groups in total. The molecular weight excluding hydrogens is 326 g/mol. The van der Waals surface area contributed by atoms with Gasteiger partial charge >= 0.3 is 0 Å². The summed E-state index contributed by atoms with van der Waals surface area (Å²) in [5, 5.41) is 7.41. The fourth-order valence-corrected chi connectivity index (χ4v) is 3.87. The molecule has 0 bridgehead atoms. The average molecular weight is 340 g/mol. The number of halogens is 1. The normalized spacial score (nSPS) is 22.8. The van der Waals surface area contributed by atoms with Gasteiger partial charge in [0.05, 0.1) is 5.92 Å². The summed E-state index contributed by atoms with van der Waals surface area (Å²) in [5.74, 6) is 3.84. The summed E-state index contributed by atoms with van der Waals surface area (Å²) in [4.78, 5) is 4.54. The summed E-state index contributed by atoms with van der Waals surface area (Å²) in [5.41, 5.74) is 0.977. The highest BCUT2D eigenvalue weighted by Crippen LogP contribution is 2.32. The number of rotatable bonds is 3. The largest absolute Gasteiger partial charge is 0.339 e. The van der Waals surface area contributed by atoms with Crippen LogP contribution in [0.25, 0.3) is 11.4 Å². The Morgan fingerprint density at radius 3 is 2.84 bits per heavy atom. The maximum Gasteiger partial charge on any atom is 0.232 e. The van der Waals surface area contributed by atoms with E-state index in [4.69, 9.17) is 4.52 Å². The van der Waals surface area contributed by atoms with E-state index >= 15 is 0 Å². The van der Waals surface area contributed by atoms with Crippen molar-refractivity contribution in [3.8, 4) is 11.4 Å². The number of nitrogens with zero attached hydrogens (tertiary/aromatic N) is 2. The van der Waals surface area contributed by atoms with E-state index in [1.807, 2.05) is 43.1 Å². The molecule has 1 aromatic heterocycles. The molecule has 1 saturated heterocycles. The SMILES string of the molecule is CNC1CSCC1c1nc(-c2ccc(Br)cc2)no1. The molecule has 0 spiro atoms. The predicted molar refractivity (Wildman–Crippen MR) is 80.3 cm³/mol. The molecule has 1 aliphatic heterocycles. The number of thioether (sulfide) groups is 1. The second-order valence-electron chi connectivity index (χ2n) is 4.50. The minimum atomic E-state index is 0.312. The molecule has 0 saturated carbocycles. The first-order chi connectivity index (χ1) is 9.28. The summed E-state index contributed by atoms with van der Waals surface area (Å²) in [7, 11) is 1.98. The summed E-state index contributed by atoms with van der Waals surface area (Å²) in [6.07, 6.45) is 0. The van der Waals surface area contributed by atoms with E-state index in [1.54, 1.807) is 0 Å². The lowest BCUT2D eigenvalue weighted by Crippen LogP contribution is -2.31. The van der Waals surface area contributed by atoms with Gasteiger partial charge in [-0.3, -0.25) is 0 Å². The molecule has 6 heteroatoms. The molecule has 100 valence electrons. The number of nitrogens with one attached hydrogen (secondary N) is 1. The predicted octanol–water partition coefficient (Wildman–Crippen LogP) is 2.92. The molecule has 2 aromatic rings. The second-order valence-corrected chi connectivity index (χ2v) is 6.49. The van der Waals surface area contributed by atoms with E-state index in [-0.39, 0.29) is 0 Å². The first kappa shape index (κ1) is 13.1. The van der Waals surface area contributed by atoms with Gasteiger partial charge in [0.1, 0.15) is 0 Å². The van der Waals surface area contributed by atoms with Crippen LogP contribution in [0.3, 0.4) is 0 Å². The van der Waals surface area contributed by atoms with Gasteiger partial charge in [-0.2, -0.15) is 16.7 Å². The van der Waals surface area contributed by atoms with Gasteiger partial charge in [0.15, 0.2) is 0 Å². The monoisotopic (exact) mass is 339 g/mol. The molecule has 0 aliphatic carbocycles. The van der Waals surface area contributed by atoms with E-state index < -0.39 is 0 Å². The van der Waals surface area contributed by atoms with Crippen LogP contribution in [0.15, 0.2) is 33.3 Å². The molecular formula is C13H14BrN3OS. The van der Waals surface area contributed by atoms with Gasteiger partial charge in [-0.1, -0.05) is 21.1 Å². The Bertz CT molecular complexity index is 557. The fourth-order valence-electron chi connectivity index (χ4n) is 2.18. The van der Waals surface area contributed by atoms with Crippen LogP contribution in [0, 0.1) is 0 Å². The molecule has 19 heavy (non-hydrogen) atoms. The molecule has 1 aromatic carbocycles. The maximum atomic E-state index is 5.44. The summed E-state index contributed by atoms with van der Waals surface area (Å²) >= 11 is 5.34. The number of likely N-dealkylation sites (N-methyl/N-ethyl adjacent to an activating group) is 1. The number of hydrogen-bond acceptors (Lipinski definition) is 5. The lowest BCUT2D eigenvalue weighted by atomic mass is 10.0. The quantitative estimate of drug-likeness (QED) is 0.931. The summed E-state index contributed by atoms with van der Waals surface area (Å²) in [6.45, 7) is 0. The Hall–Kier alpha value is -0.850. The Morgan fingerprint density at radius 2 is 2.11 bits per heavy atom. The van der Waals surface area contributed by atoms with Gasteiger partial charge < -0.3 is 9.84 Å². The second kappa shape index (κ2) is 5.64. The first-order valence-corrected chi connectivity index (χ1v) is 8.07. The van der Waals surface area contributed by atoms with Gasteiger partial charge in [-0.15, -0.1) is 0 Å². The zero-order chi connectivity index (χ0) is 13.2. The minimum absolute atomic E-state index is 0.312. The molecule has 1 aliphatic rings. The Balaban J connectivity index is 1.85. The molecule has 3 rings (SSSR count). The van der Waals surface area contributed by atoms with Crippen LogP contribution in [0.5, 0.6) is 0 Å². The van der Waals surface area contributed by atoms with Gasteiger partial charge in [0.2, 0.25) is 11.7 Å². The lowest BCUT2D eigenvalue weighted by molar-refractivity contribution is 0.344. The third-order valence-electron chi connectivity index (χ3n) is 3.31. The molecule has 2 atom stereocenters. The van der Waals surface area contributed by atoms with Crippen molar-refractivity contribution in [3.05, 3.63) is 34.6 Å². The van der Waals surface area contributed by atoms with Crippen LogP contribution < -0.4 is 5.32 Å². The van der Waals surface area contributed by atoms with Crippen molar-refractivity contribution in [2.24, 2.45) is 0 Å². The van der Waals surface area contributed by atoms with Crippen LogP contribution in [-0.2, 0) is 0 Å². The van der Waals surface area contributed by atoms with Crippen molar-refractivity contribution in [2.45, 2.75) is 12.0 Å². The summed E-state index contributed by atoms with van der Waals surface area (Å²) < 4.78 is 6.48. The van der Waals surface area contributed by atoms with E-state index in [2.05, 4.69) is 31.4 Å². The van der Waals surface area contributed by atoms with Crippen molar-refractivity contribution in [1.29, 1.82) is 0 Å². The van der Waals surface area contributed by atoms with Crippen molar-refractivity contribution in [1.82, 2.24) is 15.5 Å². The van der Waals surface area contributed by atoms with Crippen molar-refractivity contribution in [3.63, 3.8) is 0 Å². The highest BCUT2D eigenvalue weighted by Gasteiger charge is 2.32. The fraction of sp³-hybridized carbons (Fsp3) is 0.385. The molecule has 0 amide bonds. The van der Waals surface area contributed by atoms with Crippen LogP contribution in [0.1, 0.15) is 11.8 Å². The van der Waals surface area contributed by atoms with Crippen molar-refractivity contribution >= 4 is 27.7 Å². The van der Waals surface area contributed by atoms with Crippen LogP contribution in [0.4, 0.5) is 0 Å². The molecule has 2 unspecified atom stereocenters. The Morgan fingerprint density at radius 1 is 1.32 bits per heavy atom. The number of hydrogen-bond donors (Lipinski definition) is 1. The smallest absolute Gasteiger partial charge is 0.232 e. The molecule has 1 fully saturated rings. The molecule has 2 heterocycles. The van der Waals surface area contributed by atoms with E-state index in [1.165, 1.54) is 0 Å². The van der Waals surface area contributed by atoms with Gasteiger partial charge in [-0.05, 0) is 31.3 Å². The van der Waals surface area contributed by atoms with Crippen molar-refractivity contribution < 1.29 is 4.52 Å². The van der Waals surface area contributed by atoms with Gasteiger partial charge in [-0.25, -0.2) is 0 Å². The molecule has 4 nitrogen and oxygen atoms in total. The third-order valence-corrected chi connectivity index (χ3v) is 5.03. The highest BCUT2D eigenvalue weighted by atomic mass is 79.9. The summed E-state index contributed by atoms with van der Waals surface area (Å²) in [6, 6.07) is 8.35. The Labute approximate surface area is 124 Å². The van der Waals surface area contributed by atoms with E-state index in [0.717, 1.165) is 27.4 Å². The zero-order valence-corrected chi connectivity index (χ0v) is 12.9. The zero-order valence-electron chi connectivity index (χ0n) is 10.5. The minimum Gasteiger partial charge on any atom is -0.339 e. The van der Waals surface area contributed by atoms with E-state index in [0.29, 0.717) is 17.8 Å². The number of aromatic nitrogens is 2. The lowest BCUT2D eigenvalue weighted by Gasteiger charge is -2.13. The Kier molecular flexibility index (Phi) is 3.91. The highest BCUT2D eigenvalue weighted by molar-refractivity contribution is 9.10. The van der Waals surface area contributed by atoms with Gasteiger partial charge in [0, 0.05) is 27.6 Å². The third kappa shape index (κ3) is 2.70. The first-order valence-electron chi connectivity index (χ1n) is 6.12. The number of benzene rings is 1. The van der Waals surface area contributed by atoms with Crippen LogP contribution >= 0.6 is 27.7 Å². The van der Waals surface area contributed by atoms with Crippen LogP contribution in [-0.4, -0.2) is 34.7 Å². The standard InChI is InChI=1S/C13H14BrN3OS/c1-15-11-7-19-6-10(11)13-16-12(17-18-13)8-2-4-9(14)5-3-8/h2-5,10-11,15H,6-7H2,1H3. The average Bonchev–Trinajstić information content (AvgIpc) is 3.07. The maximum absolute atomic E-state index is 5.44. The van der Waals surface area contributed by atoms with Crippen molar-refractivity contribution in [2.75, 3.05) is 18.6 Å². The van der Waals surface area contributed by atoms with Gasteiger partial charge in [0.25, 0.3) is 0 Å². The van der Waals surface area contributed by atoms with E-state index in [9.17, 15) is 0 Å².